The molecule has 9 atom stereocenters. The number of fused-ring (bicyclic) bond motifs is 5. The van der Waals surface area contributed by atoms with Crippen LogP contribution in [-0.4, -0.2) is 46.8 Å². The van der Waals surface area contributed by atoms with Crippen molar-refractivity contribution in [3.05, 3.63) is 23.8 Å². The van der Waals surface area contributed by atoms with Crippen LogP contribution >= 0.6 is 12.2 Å². The minimum Gasteiger partial charge on any atom is -0.487 e. The maximum Gasteiger partial charge on any atom is 0.306 e. The molecule has 0 amide bonds. The molecule has 0 unspecified atom stereocenters. The van der Waals surface area contributed by atoms with Crippen LogP contribution in [-0.2, 0) is 14.3 Å². The van der Waals surface area contributed by atoms with Gasteiger partial charge in [0, 0.05) is 29.1 Å². The Bertz CT molecular complexity index is 889. The fourth-order valence-electron chi connectivity index (χ4n) is 7.77. The minimum absolute atomic E-state index is 0.00660. The third kappa shape index (κ3) is 2.67. The quantitative estimate of drug-likeness (QED) is 0.357. The summed E-state index contributed by atoms with van der Waals surface area (Å²) in [6.45, 7) is 7.23. The van der Waals surface area contributed by atoms with Crippen LogP contribution in [0.2, 0.25) is 0 Å². The largest absolute Gasteiger partial charge is 0.487 e. The van der Waals surface area contributed by atoms with Gasteiger partial charge in [-0.05, 0) is 56.3 Å². The number of hydrogen-bond donors (Lipinski definition) is 1. The van der Waals surface area contributed by atoms with Gasteiger partial charge in [0.05, 0.1) is 13.2 Å². The SMILES string of the molecule is CCC(=O)O[C@]1(C(=S)OC)[C@H](C)C[C@H]2[C@@H]3C[C@H](F)C4=CCC=C[C@]4(C)[C@@]3(F)[C@@H](O)C[C@@]21C. The molecule has 0 bridgehead atoms. The van der Waals surface area contributed by atoms with Gasteiger partial charge in [0.1, 0.15) is 6.17 Å². The molecule has 0 saturated heterocycles. The number of methoxy groups -OCH3 is 1. The molecule has 178 valence electrons. The van der Waals surface area contributed by atoms with E-state index >= 15 is 8.78 Å². The van der Waals surface area contributed by atoms with Crippen LogP contribution in [0.15, 0.2) is 23.8 Å². The molecule has 4 rings (SSSR count). The van der Waals surface area contributed by atoms with Crippen molar-refractivity contribution in [1.82, 2.24) is 0 Å². The van der Waals surface area contributed by atoms with E-state index in [0.717, 1.165) is 0 Å². The molecule has 3 fully saturated rings. The van der Waals surface area contributed by atoms with Crippen molar-refractivity contribution < 1.29 is 28.2 Å². The number of halogens is 2. The van der Waals surface area contributed by atoms with Crippen LogP contribution in [0.3, 0.4) is 0 Å². The normalized spacial score (nSPS) is 49.4. The van der Waals surface area contributed by atoms with Gasteiger partial charge < -0.3 is 14.6 Å². The second-order valence-corrected chi connectivity index (χ2v) is 10.9. The number of aliphatic hydroxyl groups excluding tert-OH is 1. The van der Waals surface area contributed by atoms with Crippen molar-refractivity contribution in [2.45, 2.75) is 83.3 Å². The number of allylic oxidation sites excluding steroid dienone is 4. The zero-order valence-electron chi connectivity index (χ0n) is 19.5. The molecular formula is C25H34F2O4S. The van der Waals surface area contributed by atoms with Gasteiger partial charge in [-0.2, -0.15) is 0 Å². The van der Waals surface area contributed by atoms with Gasteiger partial charge in [0.15, 0.2) is 11.3 Å². The molecule has 0 radical (unpaired) electrons. The Kier molecular flexibility index (Phi) is 5.65. The van der Waals surface area contributed by atoms with Crippen molar-refractivity contribution in [1.29, 1.82) is 0 Å². The molecule has 0 spiro atoms. The lowest BCUT2D eigenvalue weighted by molar-refractivity contribution is -0.222. The van der Waals surface area contributed by atoms with Crippen molar-refractivity contribution in [2.75, 3.05) is 7.11 Å². The standard InChI is InChI=1S/C25H34F2O4S/c1-6-20(29)31-25(21(32)30-5)14(2)11-16-17-12-18(26)15-9-7-8-10-22(15,3)24(17,27)19(28)13-23(16,25)4/h8-10,14,16-19,28H,6-7,11-13H2,1-5H3/t14-,16+,17+,18+,19+,22+,23+,24+,25+/m1/s1. The smallest absolute Gasteiger partial charge is 0.306 e. The zero-order valence-corrected chi connectivity index (χ0v) is 20.3. The average molecular weight is 469 g/mol. The Labute approximate surface area is 194 Å². The summed E-state index contributed by atoms with van der Waals surface area (Å²) >= 11 is 5.59. The lowest BCUT2D eigenvalue weighted by Gasteiger charge is -2.63. The van der Waals surface area contributed by atoms with Crippen molar-refractivity contribution in [3.8, 4) is 0 Å². The van der Waals surface area contributed by atoms with E-state index in [1.54, 1.807) is 26.0 Å². The van der Waals surface area contributed by atoms with E-state index in [4.69, 9.17) is 21.7 Å². The predicted octanol–water partition coefficient (Wildman–Crippen LogP) is 5.04. The van der Waals surface area contributed by atoms with Crippen LogP contribution in [0.25, 0.3) is 0 Å². The van der Waals surface area contributed by atoms with E-state index in [1.807, 2.05) is 19.9 Å². The number of esters is 1. The molecule has 7 heteroatoms. The summed E-state index contributed by atoms with van der Waals surface area (Å²) in [4.78, 5) is 12.5. The van der Waals surface area contributed by atoms with Crippen LogP contribution in [0.4, 0.5) is 8.78 Å². The number of thiocarbonyl (C=S) groups is 1. The van der Waals surface area contributed by atoms with E-state index in [0.29, 0.717) is 18.4 Å². The van der Waals surface area contributed by atoms with Crippen LogP contribution in [0.5, 0.6) is 0 Å². The predicted molar refractivity (Wildman–Crippen MR) is 122 cm³/mol. The highest BCUT2D eigenvalue weighted by Crippen LogP contribution is 2.71. The fourth-order valence-corrected chi connectivity index (χ4v) is 8.25. The number of rotatable bonds is 3. The summed E-state index contributed by atoms with van der Waals surface area (Å²) in [5.74, 6) is -1.78. The van der Waals surface area contributed by atoms with Gasteiger partial charge in [-0.1, -0.05) is 39.0 Å². The Morgan fingerprint density at radius 3 is 2.62 bits per heavy atom. The van der Waals surface area contributed by atoms with E-state index in [2.05, 4.69) is 0 Å². The van der Waals surface area contributed by atoms with Crippen molar-refractivity contribution in [2.24, 2.45) is 28.6 Å². The molecule has 32 heavy (non-hydrogen) atoms. The summed E-state index contributed by atoms with van der Waals surface area (Å²) in [6, 6.07) is 0. The van der Waals surface area contributed by atoms with Gasteiger partial charge in [-0.25, -0.2) is 8.78 Å². The molecule has 4 aliphatic rings. The molecule has 0 heterocycles. The molecule has 4 nitrogen and oxygen atoms in total. The number of alkyl halides is 2. The molecule has 1 N–H and O–H groups in total. The van der Waals surface area contributed by atoms with Gasteiger partial charge in [-0.15, -0.1) is 0 Å². The second kappa shape index (κ2) is 7.59. The Morgan fingerprint density at radius 1 is 1.31 bits per heavy atom. The number of carbonyl (C=O) groups excluding carboxylic acids is 1. The van der Waals surface area contributed by atoms with Crippen LogP contribution < -0.4 is 0 Å². The van der Waals surface area contributed by atoms with Gasteiger partial charge >= 0.3 is 5.97 Å². The third-order valence-corrected chi connectivity index (χ3v) is 9.74. The fraction of sp³-hybridized carbons (Fsp3) is 0.760. The van der Waals surface area contributed by atoms with Crippen LogP contribution in [0, 0.1) is 28.6 Å². The molecule has 0 aromatic heterocycles. The Balaban J connectivity index is 1.87. The van der Waals surface area contributed by atoms with E-state index in [1.165, 1.54) is 7.11 Å². The summed E-state index contributed by atoms with van der Waals surface area (Å²) < 4.78 is 44.3. The molecule has 0 aromatic carbocycles. The first-order valence-corrected chi connectivity index (χ1v) is 12.0. The Morgan fingerprint density at radius 2 is 2.00 bits per heavy atom. The lowest BCUT2D eigenvalue weighted by atomic mass is 9.44. The van der Waals surface area contributed by atoms with Gasteiger partial charge in [-0.3, -0.25) is 4.79 Å². The molecule has 0 aromatic rings. The van der Waals surface area contributed by atoms with Gasteiger partial charge in [0.25, 0.3) is 0 Å². The first-order valence-electron chi connectivity index (χ1n) is 11.6. The molecular weight excluding hydrogens is 434 g/mol. The van der Waals surface area contributed by atoms with Crippen LogP contribution in [0.1, 0.15) is 59.8 Å². The monoisotopic (exact) mass is 468 g/mol. The number of ether oxygens (including phenoxy) is 2. The molecule has 0 aliphatic heterocycles. The van der Waals surface area contributed by atoms with E-state index < -0.39 is 46.3 Å². The summed E-state index contributed by atoms with van der Waals surface area (Å²) in [5.41, 5.74) is -4.99. The highest BCUT2D eigenvalue weighted by Gasteiger charge is 2.77. The first kappa shape index (κ1) is 23.8. The first-order chi connectivity index (χ1) is 14.9. The number of carbonyl (C=O) groups is 1. The number of hydrogen-bond acceptors (Lipinski definition) is 5. The number of aliphatic hydroxyl groups is 1. The summed E-state index contributed by atoms with van der Waals surface area (Å²) in [5, 5.41) is 11.6. The van der Waals surface area contributed by atoms with Crippen molar-refractivity contribution in [3.63, 3.8) is 0 Å². The molecule has 4 aliphatic carbocycles. The van der Waals surface area contributed by atoms with E-state index in [9.17, 15) is 9.90 Å². The lowest BCUT2D eigenvalue weighted by Crippen LogP contribution is -2.70. The third-order valence-electron chi connectivity index (χ3n) is 9.27. The minimum atomic E-state index is -2.03. The van der Waals surface area contributed by atoms with Gasteiger partial charge in [0.2, 0.25) is 5.05 Å². The maximum atomic E-state index is 17.2. The summed E-state index contributed by atoms with van der Waals surface area (Å²) in [7, 11) is 1.44. The summed E-state index contributed by atoms with van der Waals surface area (Å²) in [6.07, 6.45) is 3.98. The van der Waals surface area contributed by atoms with Crippen molar-refractivity contribution >= 4 is 23.2 Å². The highest BCUT2D eigenvalue weighted by atomic mass is 32.1. The Hall–Kier alpha value is -1.34. The maximum absolute atomic E-state index is 17.2. The topological polar surface area (TPSA) is 55.8 Å². The molecule has 3 saturated carbocycles. The second-order valence-electron chi connectivity index (χ2n) is 10.5. The zero-order chi connectivity index (χ0) is 23.7. The van der Waals surface area contributed by atoms with E-state index in [-0.39, 0.29) is 36.1 Å². The highest BCUT2D eigenvalue weighted by molar-refractivity contribution is 7.80. The average Bonchev–Trinajstić information content (AvgIpc) is 2.97.